The number of anilines is 2. The summed E-state index contributed by atoms with van der Waals surface area (Å²) in [4.78, 5) is 62.2. The number of H-pyrrole nitrogens is 1. The fraction of sp³-hybridized carbons (Fsp3) is 0.367. The van der Waals surface area contributed by atoms with E-state index in [-0.39, 0.29) is 0 Å². The molecule has 20 rings (SSSR count). The first-order chi connectivity index (χ1) is 61.7. The fourth-order valence-corrected chi connectivity index (χ4v) is 17.4. The van der Waals surface area contributed by atoms with Crippen LogP contribution in [0.2, 0.25) is 0 Å². The van der Waals surface area contributed by atoms with Gasteiger partial charge in [-0.05, 0) is 211 Å². The number of hydrazone groups is 3. The topological polar surface area (TPSA) is 283 Å². The van der Waals surface area contributed by atoms with Crippen LogP contribution in [-0.4, -0.2) is 290 Å². The number of fused-ring (bicyclic) bond motifs is 10. The molecule has 0 saturated carbocycles. The second-order valence-electron chi connectivity index (χ2n) is 32.1. The molecule has 5 saturated heterocycles. The zero-order chi connectivity index (χ0) is 86.7. The molecule has 31 nitrogen and oxygen atoms in total. The lowest BCUT2D eigenvalue weighted by Gasteiger charge is -2.36. The smallest absolute Gasteiger partial charge is 0.216 e. The molecule has 5 N–H and O–H groups in total. The lowest BCUT2D eigenvalue weighted by atomic mass is 9.91. The molecule has 8 aliphatic heterocycles. The van der Waals surface area contributed by atoms with Gasteiger partial charge < -0.3 is 54.0 Å². The molecular formula is C90H105N31S5. The van der Waals surface area contributed by atoms with Gasteiger partial charge in [0.2, 0.25) is 5.11 Å². The number of nitrogens with zero attached hydrogens (tertiary/aromatic N) is 26. The molecule has 0 bridgehead atoms. The molecule has 12 aliphatic rings. The van der Waals surface area contributed by atoms with E-state index >= 15 is 0 Å². The predicted molar refractivity (Wildman–Crippen MR) is 517 cm³/mol. The SMILES string of the molecule is CN1CCN(C(=S)N/N=c2/c3n(n4c2=NC=CC4)CC=CC=3)CC1.CN1CCN(C(=S)N=Nc2c3[nH]cccc-3c3cccnc23)CC1.CN1CCN(C(=S)NN=C2c3ncccc3Cc3cccnc32)CC1.CN1CCN(c2ccc(C(=S)N/N=C3/CCCc4cccnc43)nc2)CC1.S=C(N/N=C1/CCCc2cccnc21)N1CCN(c2ccccn2)CC1. The minimum atomic E-state index is 0.537. The van der Waals surface area contributed by atoms with Crippen molar-refractivity contribution in [3.8, 4) is 11.3 Å². The standard InChI is InChI=1S/C20H24N6S.C19H22N6S.C18H20N6S.C17H18N6S.C16H21N7S/c1-25-10-12-26(13-11-25)16-7-8-18(22-14-16)20(27)24-23-17-6-2-4-15-5-3-9-21-19(15)17;26-19(23-22-16-7-3-5-15-6-4-10-21-18(15)16)25-13-11-24(12-14-25)17-8-1-2-9-20-17;1-23-8-10-24(11-9-23)18(25)22-21-17-15-13(4-2-6-19-15)12-14-5-3-7-20-16(14)17;1-22-8-10-23(11-9-22)17(24)21-20-16-14-12(4-2-6-18-14)13-5-3-7-19-15(13)16;1-20-9-11-21(12-10-20)16(24)19-18-14-13-5-2-3-7-22(13)23-8-4-6-17-15(14)23/h3,5,7-9,14H,2,4,6,10-13H2,1H3,(H,24,27);1-2,4,6,8-10H,3,5,7,11-14H2,(H,23,26);2-7H,8-12H2,1H3,(H,22,25);2-7,18H,8-11H2,1H3;2-6H,7-12H2,1H3,(H,19,24)/b23-17-;22-16-;;;18-14-. The lowest BCUT2D eigenvalue weighted by Crippen LogP contribution is -2.51. The van der Waals surface area contributed by atoms with Gasteiger partial charge >= 0.3 is 0 Å². The number of likely N-dealkylation sites (N-methyl/N-ethyl adjacent to an activating group) is 4. The minimum Gasteiger partial charge on any atom is -0.368 e. The van der Waals surface area contributed by atoms with Crippen molar-refractivity contribution in [2.75, 3.05) is 169 Å². The maximum Gasteiger partial charge on any atom is 0.216 e. The zero-order valence-corrected chi connectivity index (χ0v) is 75.6. The second-order valence-corrected chi connectivity index (χ2v) is 34.0. The van der Waals surface area contributed by atoms with Crippen LogP contribution >= 0.6 is 61.1 Å². The van der Waals surface area contributed by atoms with Gasteiger partial charge in [0.1, 0.15) is 27.7 Å². The van der Waals surface area contributed by atoms with Crippen molar-refractivity contribution >= 4 is 138 Å². The van der Waals surface area contributed by atoms with Crippen molar-refractivity contribution in [2.45, 2.75) is 58.0 Å². The second kappa shape index (κ2) is 42.4. The van der Waals surface area contributed by atoms with Gasteiger partial charge in [-0.3, -0.25) is 61.0 Å². The van der Waals surface area contributed by atoms with Gasteiger partial charge in [-0.25, -0.2) is 9.98 Å². The zero-order valence-electron chi connectivity index (χ0n) is 71.5. The number of pyridine rings is 8. The Balaban J connectivity index is 0.000000116. The van der Waals surface area contributed by atoms with Crippen LogP contribution in [0.25, 0.3) is 28.2 Å². The van der Waals surface area contributed by atoms with Crippen LogP contribution in [0.4, 0.5) is 17.2 Å². The van der Waals surface area contributed by atoms with E-state index in [0.717, 1.165) is 301 Å². The van der Waals surface area contributed by atoms with Crippen molar-refractivity contribution < 1.29 is 0 Å². The summed E-state index contributed by atoms with van der Waals surface area (Å²) in [5.74, 6) is 1.02. The highest BCUT2D eigenvalue weighted by Gasteiger charge is 2.29. The van der Waals surface area contributed by atoms with Crippen LogP contribution in [0.1, 0.15) is 76.4 Å². The van der Waals surface area contributed by atoms with Crippen LogP contribution in [-0.2, 0) is 32.4 Å². The van der Waals surface area contributed by atoms with E-state index in [9.17, 15) is 0 Å². The molecule has 36 heteroatoms. The summed E-state index contributed by atoms with van der Waals surface area (Å²) in [6, 6.07) is 34.4. The minimum absolute atomic E-state index is 0.537. The average molecular weight is 1780 g/mol. The van der Waals surface area contributed by atoms with Crippen molar-refractivity contribution in [1.29, 1.82) is 0 Å². The largest absolute Gasteiger partial charge is 0.368 e. The fourth-order valence-electron chi connectivity index (χ4n) is 16.4. The molecule has 16 heterocycles. The lowest BCUT2D eigenvalue weighted by molar-refractivity contribution is 0.214. The monoisotopic (exact) mass is 1780 g/mol. The van der Waals surface area contributed by atoms with E-state index in [1.807, 2.05) is 104 Å². The molecule has 0 unspecified atom stereocenters. The number of aromatic nitrogens is 10. The Morgan fingerprint density at radius 2 is 0.968 bits per heavy atom. The molecule has 0 atom stereocenters. The highest BCUT2D eigenvalue weighted by molar-refractivity contribution is 7.81. The van der Waals surface area contributed by atoms with Gasteiger partial charge in [-0.1, -0.05) is 66.8 Å². The van der Waals surface area contributed by atoms with Gasteiger partial charge in [0.05, 0.1) is 75.9 Å². The molecule has 8 aromatic heterocycles. The van der Waals surface area contributed by atoms with Crippen molar-refractivity contribution in [2.24, 2.45) is 35.6 Å². The Hall–Kier alpha value is -11.9. The van der Waals surface area contributed by atoms with Crippen LogP contribution in [0.3, 0.4) is 0 Å². The molecule has 5 fully saturated rings. The normalized spacial score (nSPS) is 18.2. The number of hydrogen-bond acceptors (Lipinski definition) is 24. The van der Waals surface area contributed by atoms with E-state index in [1.165, 1.54) is 11.1 Å². The predicted octanol–water partition coefficient (Wildman–Crippen LogP) is 7.71. The van der Waals surface area contributed by atoms with Crippen molar-refractivity contribution in [3.05, 3.63) is 244 Å². The number of rotatable bonds is 8. The first kappa shape index (κ1) is 87.6. The van der Waals surface area contributed by atoms with E-state index < -0.39 is 0 Å². The quantitative estimate of drug-likeness (QED) is 0.0553. The van der Waals surface area contributed by atoms with Gasteiger partial charge in [0.15, 0.2) is 26.2 Å². The number of hydrogen-bond donors (Lipinski definition) is 5. The molecule has 126 heavy (non-hydrogen) atoms. The number of thiocarbonyl (C=S) groups is 5. The first-order valence-electron chi connectivity index (χ1n) is 43.0. The number of aromatic amines is 1. The van der Waals surface area contributed by atoms with Crippen LogP contribution in [0, 0.1) is 0 Å². The summed E-state index contributed by atoms with van der Waals surface area (Å²) in [5, 5.41) is 32.6. The third kappa shape index (κ3) is 21.6. The Labute approximate surface area is 760 Å². The van der Waals surface area contributed by atoms with Gasteiger partial charge in [-0.2, -0.15) is 20.4 Å². The number of piperazine rings is 5. The summed E-state index contributed by atoms with van der Waals surface area (Å²) in [6.07, 6.45) is 31.8. The molecule has 4 aliphatic carbocycles. The molecule has 0 amide bonds. The molecular weight excluding hydrogens is 1680 g/mol. The van der Waals surface area contributed by atoms with Crippen LogP contribution in [0.15, 0.2) is 213 Å². The Bertz CT molecular complexity index is 5800. The van der Waals surface area contributed by atoms with Crippen molar-refractivity contribution in [1.82, 2.24) is 110 Å². The van der Waals surface area contributed by atoms with Crippen LogP contribution in [0.5, 0.6) is 0 Å². The summed E-state index contributed by atoms with van der Waals surface area (Å²) in [7, 11) is 8.53. The summed E-state index contributed by atoms with van der Waals surface area (Å²) in [6.45, 7) is 20.9. The third-order valence-electron chi connectivity index (χ3n) is 23.7. The summed E-state index contributed by atoms with van der Waals surface area (Å²) >= 11 is 27.5. The highest BCUT2D eigenvalue weighted by Crippen LogP contribution is 2.42. The third-order valence-corrected chi connectivity index (χ3v) is 25.4. The van der Waals surface area contributed by atoms with Gasteiger partial charge in [0.25, 0.3) is 0 Å². The van der Waals surface area contributed by atoms with E-state index in [0.29, 0.717) is 25.4 Å². The van der Waals surface area contributed by atoms with Crippen LogP contribution < -0.4 is 47.7 Å². The Morgan fingerprint density at radius 1 is 0.444 bits per heavy atom. The van der Waals surface area contributed by atoms with E-state index in [2.05, 4.69) is 244 Å². The van der Waals surface area contributed by atoms with E-state index in [4.69, 9.17) is 61.1 Å². The number of nitrogens with one attached hydrogen (secondary N) is 5. The molecule has 0 radical (unpaired) electrons. The number of allylic oxidation sites excluding steroid dienone is 3. The van der Waals surface area contributed by atoms with E-state index in [1.54, 1.807) is 18.6 Å². The Kier molecular flexibility index (Phi) is 29.5. The number of aryl methyl sites for hydroxylation is 2. The summed E-state index contributed by atoms with van der Waals surface area (Å²) in [5.41, 5.74) is 30.0. The highest BCUT2D eigenvalue weighted by atomic mass is 32.1. The first-order valence-corrected chi connectivity index (χ1v) is 45.1. The molecule has 0 spiro atoms. The van der Waals surface area contributed by atoms with Gasteiger partial charge in [-0.15, -0.1) is 10.2 Å². The van der Waals surface area contributed by atoms with Gasteiger partial charge in [0, 0.05) is 198 Å². The number of azo groups is 1. The maximum absolute atomic E-state index is 5.55. The Morgan fingerprint density at radius 3 is 1.56 bits per heavy atom. The molecule has 0 aromatic carbocycles. The molecule has 650 valence electrons. The summed E-state index contributed by atoms with van der Waals surface area (Å²) < 4.78 is 4.34. The average Bonchev–Trinajstić information content (AvgIpc) is 1.46. The van der Waals surface area contributed by atoms with Crippen molar-refractivity contribution in [3.63, 3.8) is 0 Å². The molecule has 8 aromatic rings. The maximum atomic E-state index is 5.55.